The SMILES string of the molecule is CC#CCC(C)[C@H](O)/C=C/[C@@H]1[C@H]2CC(=O)C[C@H]2C[C@H]1O[Si](c1ccccc1)(c1ccccc1)C(C)(C)C. The monoisotopic (exact) mass is 514 g/mol. The van der Waals surface area contributed by atoms with Crippen LogP contribution < -0.4 is 10.4 Å². The van der Waals surface area contributed by atoms with Gasteiger partial charge in [-0.25, -0.2) is 0 Å². The minimum absolute atomic E-state index is 0.00333. The van der Waals surface area contributed by atoms with Crippen LogP contribution in [0.3, 0.4) is 0 Å². The third-order valence-corrected chi connectivity index (χ3v) is 13.5. The van der Waals surface area contributed by atoms with Crippen LogP contribution in [-0.2, 0) is 9.22 Å². The van der Waals surface area contributed by atoms with E-state index in [2.05, 4.69) is 99.4 Å². The lowest BCUT2D eigenvalue weighted by molar-refractivity contribution is -0.118. The second kappa shape index (κ2) is 11.5. The summed E-state index contributed by atoms with van der Waals surface area (Å²) in [4.78, 5) is 12.4. The van der Waals surface area contributed by atoms with E-state index in [1.165, 1.54) is 10.4 Å². The zero-order chi connectivity index (χ0) is 26.6. The molecule has 196 valence electrons. The summed E-state index contributed by atoms with van der Waals surface area (Å²) in [5, 5.41) is 13.3. The van der Waals surface area contributed by atoms with Gasteiger partial charge in [-0.2, -0.15) is 0 Å². The first-order chi connectivity index (χ1) is 17.7. The van der Waals surface area contributed by atoms with Gasteiger partial charge in [0.15, 0.2) is 0 Å². The maximum absolute atomic E-state index is 12.4. The molecule has 6 atom stereocenters. The highest BCUT2D eigenvalue weighted by Gasteiger charge is 2.55. The summed E-state index contributed by atoms with van der Waals surface area (Å²) >= 11 is 0. The molecule has 1 N–H and O–H groups in total. The van der Waals surface area contributed by atoms with Gasteiger partial charge in [0.25, 0.3) is 8.32 Å². The fraction of sp³-hybridized carbons (Fsp3) is 0.485. The second-order valence-corrected chi connectivity index (χ2v) is 16.2. The molecule has 0 saturated heterocycles. The fourth-order valence-electron chi connectivity index (χ4n) is 6.52. The van der Waals surface area contributed by atoms with E-state index < -0.39 is 14.4 Å². The van der Waals surface area contributed by atoms with Gasteiger partial charge in [-0.05, 0) is 46.5 Å². The highest BCUT2D eigenvalue weighted by molar-refractivity contribution is 6.99. The van der Waals surface area contributed by atoms with E-state index in [0.29, 0.717) is 31.0 Å². The lowest BCUT2D eigenvalue weighted by Gasteiger charge is -2.45. The molecule has 37 heavy (non-hydrogen) atoms. The molecule has 0 spiro atoms. The van der Waals surface area contributed by atoms with Gasteiger partial charge in [0.1, 0.15) is 5.78 Å². The third kappa shape index (κ3) is 5.70. The Hall–Kier alpha value is -2.45. The van der Waals surface area contributed by atoms with Crippen molar-refractivity contribution in [3.8, 4) is 11.8 Å². The Balaban J connectivity index is 1.74. The highest BCUT2D eigenvalue weighted by atomic mass is 28.4. The van der Waals surface area contributed by atoms with E-state index in [1.54, 1.807) is 0 Å². The number of fused-ring (bicyclic) bond motifs is 1. The molecular formula is C33H42O3Si. The highest BCUT2D eigenvalue weighted by Crippen LogP contribution is 2.50. The molecule has 4 rings (SSSR count). The number of hydrogen-bond donors (Lipinski definition) is 1. The molecule has 2 aromatic rings. The summed E-state index contributed by atoms with van der Waals surface area (Å²) in [5.74, 6) is 7.18. The Kier molecular flexibility index (Phi) is 8.58. The van der Waals surface area contributed by atoms with Crippen LogP contribution in [0.4, 0.5) is 0 Å². The van der Waals surface area contributed by atoms with Crippen molar-refractivity contribution in [3.63, 3.8) is 0 Å². The largest absolute Gasteiger partial charge is 0.404 e. The van der Waals surface area contributed by atoms with Gasteiger partial charge in [0.2, 0.25) is 0 Å². The molecular weight excluding hydrogens is 472 g/mol. The predicted molar refractivity (Wildman–Crippen MR) is 154 cm³/mol. The van der Waals surface area contributed by atoms with Gasteiger partial charge in [-0.15, -0.1) is 11.8 Å². The Bertz CT molecular complexity index is 1100. The normalized spacial score (nSPS) is 25.5. The number of Topliss-reactive ketones (excluding diaryl/α,β-unsaturated/α-hetero) is 1. The molecule has 0 aromatic heterocycles. The molecule has 2 fully saturated rings. The van der Waals surface area contributed by atoms with Crippen LogP contribution in [0.5, 0.6) is 0 Å². The number of benzene rings is 2. The molecule has 0 heterocycles. The topological polar surface area (TPSA) is 46.5 Å². The second-order valence-electron chi connectivity index (χ2n) is 12.0. The van der Waals surface area contributed by atoms with E-state index in [4.69, 9.17) is 4.43 Å². The number of rotatable bonds is 8. The first kappa shape index (κ1) is 27.6. The van der Waals surface area contributed by atoms with Crippen molar-refractivity contribution < 1.29 is 14.3 Å². The summed E-state index contributed by atoms with van der Waals surface area (Å²) in [7, 11) is -2.72. The van der Waals surface area contributed by atoms with E-state index in [-0.39, 0.29) is 28.9 Å². The smallest absolute Gasteiger partial charge is 0.261 e. The number of hydrogen-bond acceptors (Lipinski definition) is 3. The third-order valence-electron chi connectivity index (χ3n) is 8.48. The first-order valence-electron chi connectivity index (χ1n) is 13.7. The van der Waals surface area contributed by atoms with Crippen LogP contribution in [0.1, 0.15) is 60.3 Å². The average Bonchev–Trinajstić information content (AvgIpc) is 3.39. The zero-order valence-corrected chi connectivity index (χ0v) is 24.0. The molecule has 2 aliphatic rings. The fourth-order valence-corrected chi connectivity index (χ4v) is 11.2. The standard InChI is InChI=1S/C33H42O3Si/c1-6-7-14-24(2)31(35)20-19-29-30-23-26(34)21-25(30)22-32(29)36-37(33(3,4)5,27-15-10-8-11-16-27)28-17-12-9-13-18-28/h8-13,15-20,24-25,29-32,35H,14,21-23H2,1-5H3/b20-19+/t24?,25-,29+,30-,31+,32+/m0/s1. The Labute approximate surface area is 224 Å². The van der Waals surface area contributed by atoms with E-state index in [1.807, 2.05) is 19.9 Å². The van der Waals surface area contributed by atoms with Crippen LogP contribution >= 0.6 is 0 Å². The van der Waals surface area contributed by atoms with Crippen molar-refractivity contribution in [3.05, 3.63) is 72.8 Å². The van der Waals surface area contributed by atoms with E-state index >= 15 is 0 Å². The predicted octanol–water partition coefficient (Wildman–Crippen LogP) is 5.51. The van der Waals surface area contributed by atoms with E-state index in [9.17, 15) is 9.90 Å². The van der Waals surface area contributed by atoms with Gasteiger partial charge in [-0.3, -0.25) is 4.79 Å². The zero-order valence-electron chi connectivity index (χ0n) is 23.0. The van der Waals surface area contributed by atoms with Crippen molar-refractivity contribution in [2.45, 2.75) is 77.5 Å². The molecule has 0 aliphatic heterocycles. The van der Waals surface area contributed by atoms with Crippen LogP contribution in [-0.4, -0.2) is 31.4 Å². The van der Waals surface area contributed by atoms with Gasteiger partial charge in [0.05, 0.1) is 12.2 Å². The summed E-state index contributed by atoms with van der Waals surface area (Å²) in [6.07, 6.45) is 6.39. The van der Waals surface area contributed by atoms with Crippen molar-refractivity contribution in [2.24, 2.45) is 23.7 Å². The quantitative estimate of drug-likeness (QED) is 0.287. The molecule has 2 aliphatic carbocycles. The van der Waals surface area contributed by atoms with E-state index in [0.717, 1.165) is 6.42 Å². The van der Waals surface area contributed by atoms with Crippen LogP contribution in [0.25, 0.3) is 0 Å². The molecule has 0 amide bonds. The molecule has 4 heteroatoms. The number of aliphatic hydroxyl groups excluding tert-OH is 1. The van der Waals surface area contributed by atoms with Crippen LogP contribution in [0.15, 0.2) is 72.8 Å². The maximum Gasteiger partial charge on any atom is 0.261 e. The van der Waals surface area contributed by atoms with Crippen LogP contribution in [0.2, 0.25) is 5.04 Å². The summed E-state index contributed by atoms with van der Waals surface area (Å²) in [6.45, 7) is 10.8. The van der Waals surface area contributed by atoms with Crippen molar-refractivity contribution in [1.82, 2.24) is 0 Å². The van der Waals surface area contributed by atoms with Gasteiger partial charge in [-0.1, -0.05) is 101 Å². The van der Waals surface area contributed by atoms with Crippen LogP contribution in [0, 0.1) is 35.5 Å². The van der Waals surface area contributed by atoms with Gasteiger partial charge in [0, 0.05) is 25.2 Å². The van der Waals surface area contributed by atoms with Crippen molar-refractivity contribution in [2.75, 3.05) is 0 Å². The number of ketones is 1. The van der Waals surface area contributed by atoms with Gasteiger partial charge >= 0.3 is 0 Å². The van der Waals surface area contributed by atoms with Gasteiger partial charge < -0.3 is 9.53 Å². The maximum atomic E-state index is 12.4. The Morgan fingerprint density at radius 3 is 2.19 bits per heavy atom. The van der Waals surface area contributed by atoms with Crippen molar-refractivity contribution in [1.29, 1.82) is 0 Å². The molecule has 2 aromatic carbocycles. The molecule has 0 radical (unpaired) electrons. The molecule has 1 unspecified atom stereocenters. The summed E-state index contributed by atoms with van der Waals surface area (Å²) in [6, 6.07) is 21.5. The molecule has 3 nitrogen and oxygen atoms in total. The lowest BCUT2D eigenvalue weighted by Crippen LogP contribution is -2.68. The summed E-state index contributed by atoms with van der Waals surface area (Å²) in [5.41, 5.74) is 0. The Morgan fingerprint density at radius 2 is 1.65 bits per heavy atom. The first-order valence-corrected chi connectivity index (χ1v) is 15.6. The minimum Gasteiger partial charge on any atom is -0.404 e. The average molecular weight is 515 g/mol. The molecule has 2 saturated carbocycles. The summed E-state index contributed by atoms with van der Waals surface area (Å²) < 4.78 is 7.55. The molecule has 0 bridgehead atoms. The van der Waals surface area contributed by atoms with Crippen molar-refractivity contribution >= 4 is 24.5 Å². The Morgan fingerprint density at radius 1 is 1.05 bits per heavy atom. The minimum atomic E-state index is -2.72. The lowest BCUT2D eigenvalue weighted by atomic mass is 9.89. The number of carbonyl (C=O) groups excluding carboxylic acids is 1. The number of carbonyl (C=O) groups is 1. The number of aliphatic hydroxyl groups is 1.